The fourth-order valence-electron chi connectivity index (χ4n) is 2.00. The summed E-state index contributed by atoms with van der Waals surface area (Å²) in [5.41, 5.74) is 1.24. The third kappa shape index (κ3) is 3.96. The Morgan fingerprint density at radius 1 is 1.37 bits per heavy atom. The zero-order valence-electron chi connectivity index (χ0n) is 11.9. The molecule has 1 atom stereocenters. The van der Waals surface area contributed by atoms with Crippen LogP contribution in [0.25, 0.3) is 11.0 Å². The van der Waals surface area contributed by atoms with Crippen molar-refractivity contribution in [2.75, 3.05) is 11.9 Å². The fourth-order valence-corrected chi connectivity index (χ4v) is 2.00. The summed E-state index contributed by atoms with van der Waals surface area (Å²) in [5.74, 6) is 1.32. The minimum atomic E-state index is -0.705. The van der Waals surface area contributed by atoms with Gasteiger partial charge in [0.15, 0.2) is 0 Å². The Balaban J connectivity index is 1.94. The first kappa shape index (κ1) is 13.9. The van der Waals surface area contributed by atoms with Gasteiger partial charge >= 0.3 is 0 Å². The van der Waals surface area contributed by atoms with E-state index in [1.54, 1.807) is 0 Å². The minimum absolute atomic E-state index is 0.500. The van der Waals surface area contributed by atoms with E-state index in [-0.39, 0.29) is 0 Å². The van der Waals surface area contributed by atoms with E-state index in [2.05, 4.69) is 29.1 Å². The molecule has 0 aliphatic carbocycles. The Morgan fingerprint density at radius 2 is 2.11 bits per heavy atom. The highest BCUT2D eigenvalue weighted by Gasteiger charge is 2.20. The summed E-state index contributed by atoms with van der Waals surface area (Å²) in [7, 11) is 0. The molecule has 1 unspecified atom stereocenters. The molecule has 19 heavy (non-hydrogen) atoms. The van der Waals surface area contributed by atoms with Crippen molar-refractivity contribution >= 4 is 17.0 Å². The Morgan fingerprint density at radius 3 is 2.79 bits per heavy atom. The molecular weight excluding hydrogens is 238 g/mol. The van der Waals surface area contributed by atoms with E-state index in [0.29, 0.717) is 18.4 Å². The van der Waals surface area contributed by atoms with E-state index < -0.39 is 5.60 Å². The van der Waals surface area contributed by atoms with Gasteiger partial charge in [0.05, 0.1) is 16.6 Å². The van der Waals surface area contributed by atoms with Crippen LogP contribution in [-0.4, -0.2) is 27.2 Å². The van der Waals surface area contributed by atoms with Crippen molar-refractivity contribution in [3.05, 3.63) is 24.3 Å². The molecule has 0 bridgehead atoms. The highest BCUT2D eigenvalue weighted by molar-refractivity contribution is 5.77. The quantitative estimate of drug-likeness (QED) is 0.748. The lowest BCUT2D eigenvalue weighted by atomic mass is 9.95. The molecule has 0 saturated heterocycles. The smallest absolute Gasteiger partial charge is 0.201 e. The normalized spacial score (nSPS) is 14.8. The summed E-state index contributed by atoms with van der Waals surface area (Å²) >= 11 is 0. The molecule has 4 heteroatoms. The van der Waals surface area contributed by atoms with Crippen molar-refractivity contribution in [1.82, 2.24) is 9.97 Å². The van der Waals surface area contributed by atoms with E-state index in [9.17, 15) is 5.11 Å². The largest absolute Gasteiger partial charge is 0.388 e. The first-order valence-corrected chi connectivity index (χ1v) is 6.87. The molecule has 104 valence electrons. The molecule has 2 aromatic rings. The van der Waals surface area contributed by atoms with Crippen LogP contribution in [0.2, 0.25) is 0 Å². The number of H-pyrrole nitrogens is 1. The average Bonchev–Trinajstić information content (AvgIpc) is 2.77. The molecule has 1 aromatic heterocycles. The Hall–Kier alpha value is -1.55. The summed E-state index contributed by atoms with van der Waals surface area (Å²) in [4.78, 5) is 7.63. The molecule has 0 spiro atoms. The fraction of sp³-hybridized carbons (Fsp3) is 0.533. The summed E-state index contributed by atoms with van der Waals surface area (Å²) in [6.45, 7) is 6.70. The van der Waals surface area contributed by atoms with Crippen molar-refractivity contribution in [3.8, 4) is 0 Å². The lowest BCUT2D eigenvalue weighted by Gasteiger charge is -2.24. The Labute approximate surface area is 114 Å². The lowest BCUT2D eigenvalue weighted by Crippen LogP contribution is -2.34. The van der Waals surface area contributed by atoms with E-state index in [1.165, 1.54) is 0 Å². The van der Waals surface area contributed by atoms with Gasteiger partial charge in [-0.1, -0.05) is 26.0 Å². The van der Waals surface area contributed by atoms with Crippen molar-refractivity contribution in [3.63, 3.8) is 0 Å². The number of imidazole rings is 1. The molecule has 0 fully saturated rings. The highest BCUT2D eigenvalue weighted by Crippen LogP contribution is 2.18. The lowest BCUT2D eigenvalue weighted by molar-refractivity contribution is 0.0585. The Kier molecular flexibility index (Phi) is 4.10. The maximum absolute atomic E-state index is 10.3. The minimum Gasteiger partial charge on any atom is -0.388 e. The van der Waals surface area contributed by atoms with E-state index in [4.69, 9.17) is 0 Å². The predicted molar refractivity (Wildman–Crippen MR) is 79.3 cm³/mol. The number of aromatic nitrogens is 2. The van der Waals surface area contributed by atoms with Crippen LogP contribution in [0, 0.1) is 5.92 Å². The van der Waals surface area contributed by atoms with Gasteiger partial charge < -0.3 is 15.4 Å². The molecule has 0 radical (unpaired) electrons. The summed E-state index contributed by atoms with van der Waals surface area (Å²) < 4.78 is 0. The first-order chi connectivity index (χ1) is 8.96. The monoisotopic (exact) mass is 261 g/mol. The van der Waals surface area contributed by atoms with Crippen LogP contribution in [0.4, 0.5) is 5.95 Å². The third-order valence-electron chi connectivity index (χ3n) is 3.29. The number of nitrogens with zero attached hydrogens (tertiary/aromatic N) is 1. The van der Waals surface area contributed by atoms with Crippen LogP contribution in [0.3, 0.4) is 0 Å². The van der Waals surface area contributed by atoms with E-state index >= 15 is 0 Å². The van der Waals surface area contributed by atoms with Crippen LogP contribution in [0.1, 0.15) is 33.6 Å². The van der Waals surface area contributed by atoms with Gasteiger partial charge in [0, 0.05) is 6.54 Å². The Bertz CT molecular complexity index is 498. The summed E-state index contributed by atoms with van der Waals surface area (Å²) in [5, 5.41) is 13.5. The number of benzene rings is 1. The molecule has 3 N–H and O–H groups in total. The maximum atomic E-state index is 10.3. The number of anilines is 1. The van der Waals surface area contributed by atoms with E-state index in [1.807, 2.05) is 31.2 Å². The second-order valence-electron chi connectivity index (χ2n) is 5.89. The van der Waals surface area contributed by atoms with Crippen molar-refractivity contribution in [2.45, 2.75) is 39.2 Å². The number of para-hydroxylation sites is 2. The molecule has 0 amide bonds. The highest BCUT2D eigenvalue weighted by atomic mass is 16.3. The second kappa shape index (κ2) is 5.61. The first-order valence-electron chi connectivity index (χ1n) is 6.87. The van der Waals surface area contributed by atoms with Gasteiger partial charge in [-0.15, -0.1) is 0 Å². The number of fused-ring (bicyclic) bond motifs is 1. The van der Waals surface area contributed by atoms with Gasteiger partial charge in [-0.05, 0) is 37.8 Å². The number of nitrogens with one attached hydrogen (secondary N) is 2. The van der Waals surface area contributed by atoms with Crippen LogP contribution in [0.15, 0.2) is 24.3 Å². The molecule has 0 aliphatic heterocycles. The SMILES string of the molecule is CC(C)CCC(C)(O)CNc1nc2ccccc2[nH]1. The van der Waals surface area contributed by atoms with Crippen molar-refractivity contribution in [1.29, 1.82) is 0 Å². The van der Waals surface area contributed by atoms with Crippen LogP contribution < -0.4 is 5.32 Å². The van der Waals surface area contributed by atoms with E-state index in [0.717, 1.165) is 23.9 Å². The van der Waals surface area contributed by atoms with Gasteiger partial charge in [0.2, 0.25) is 5.95 Å². The van der Waals surface area contributed by atoms with Crippen LogP contribution >= 0.6 is 0 Å². The van der Waals surface area contributed by atoms with Gasteiger partial charge in [0.1, 0.15) is 0 Å². The molecule has 1 heterocycles. The topological polar surface area (TPSA) is 60.9 Å². The number of aromatic amines is 1. The van der Waals surface area contributed by atoms with Crippen LogP contribution in [0.5, 0.6) is 0 Å². The van der Waals surface area contributed by atoms with Gasteiger partial charge in [0.25, 0.3) is 0 Å². The number of aliphatic hydroxyl groups is 1. The molecule has 1 aromatic carbocycles. The molecule has 2 rings (SSSR count). The summed E-state index contributed by atoms with van der Waals surface area (Å²) in [6.07, 6.45) is 1.81. The number of hydrogen-bond acceptors (Lipinski definition) is 3. The average molecular weight is 261 g/mol. The van der Waals surface area contributed by atoms with Crippen molar-refractivity contribution < 1.29 is 5.11 Å². The molecule has 0 saturated carbocycles. The maximum Gasteiger partial charge on any atom is 0.201 e. The zero-order valence-corrected chi connectivity index (χ0v) is 11.9. The van der Waals surface area contributed by atoms with Crippen molar-refractivity contribution in [2.24, 2.45) is 5.92 Å². The second-order valence-corrected chi connectivity index (χ2v) is 5.89. The number of hydrogen-bond donors (Lipinski definition) is 3. The number of rotatable bonds is 6. The van der Waals surface area contributed by atoms with Gasteiger partial charge in [-0.2, -0.15) is 0 Å². The third-order valence-corrected chi connectivity index (χ3v) is 3.29. The predicted octanol–water partition coefficient (Wildman–Crippen LogP) is 3.16. The zero-order chi connectivity index (χ0) is 13.9. The van der Waals surface area contributed by atoms with Gasteiger partial charge in [-0.25, -0.2) is 4.98 Å². The standard InChI is InChI=1S/C15H23N3O/c1-11(2)8-9-15(3,19)10-16-14-17-12-6-4-5-7-13(12)18-14/h4-7,11,19H,8-10H2,1-3H3,(H2,16,17,18). The molecule has 4 nitrogen and oxygen atoms in total. The van der Waals surface area contributed by atoms with Crippen LogP contribution in [-0.2, 0) is 0 Å². The summed E-state index contributed by atoms with van der Waals surface area (Å²) in [6, 6.07) is 7.90. The molecular formula is C15H23N3O. The van der Waals surface area contributed by atoms with Gasteiger partial charge in [-0.3, -0.25) is 0 Å². The molecule has 0 aliphatic rings.